The SMILES string of the molecule is COc1cccc2oc(-c3nc4ccccc4c(=O)n3N=Cc3cc(I)c(OCc4ccccc4F)c(I)c3)cc12. The third-order valence-electron chi connectivity index (χ3n) is 6.39. The topological polar surface area (TPSA) is 78.9 Å². The summed E-state index contributed by atoms with van der Waals surface area (Å²) in [4.78, 5) is 18.3. The molecule has 6 aromatic rings. The van der Waals surface area contributed by atoms with E-state index in [1.807, 2.05) is 36.4 Å². The zero-order chi connectivity index (χ0) is 28.5. The van der Waals surface area contributed by atoms with E-state index in [1.54, 1.807) is 55.8 Å². The summed E-state index contributed by atoms with van der Waals surface area (Å²) in [6.45, 7) is 0.107. The molecule has 0 amide bonds. The number of hydrogen-bond acceptors (Lipinski definition) is 6. The summed E-state index contributed by atoms with van der Waals surface area (Å²) >= 11 is 4.35. The van der Waals surface area contributed by atoms with Crippen LogP contribution in [0.2, 0.25) is 0 Å². The minimum absolute atomic E-state index is 0.107. The summed E-state index contributed by atoms with van der Waals surface area (Å²) in [5, 5.41) is 5.76. The first-order valence-electron chi connectivity index (χ1n) is 12.4. The lowest BCUT2D eigenvalue weighted by atomic mass is 10.2. The molecule has 0 atom stereocenters. The largest absolute Gasteiger partial charge is 0.496 e. The van der Waals surface area contributed by atoms with Crippen LogP contribution in [0.1, 0.15) is 11.1 Å². The van der Waals surface area contributed by atoms with E-state index in [0.29, 0.717) is 39.3 Å². The highest BCUT2D eigenvalue weighted by atomic mass is 127. The monoisotopic (exact) mass is 771 g/mol. The molecular weight excluding hydrogens is 751 g/mol. The Labute approximate surface area is 260 Å². The van der Waals surface area contributed by atoms with Crippen molar-refractivity contribution in [2.75, 3.05) is 7.11 Å². The van der Waals surface area contributed by atoms with Gasteiger partial charge in [0.2, 0.25) is 5.82 Å². The fraction of sp³-hybridized carbons (Fsp3) is 0.0645. The molecule has 0 unspecified atom stereocenters. The van der Waals surface area contributed by atoms with Crippen molar-refractivity contribution in [2.24, 2.45) is 5.10 Å². The predicted molar refractivity (Wildman–Crippen MR) is 173 cm³/mol. The Balaban J connectivity index is 1.39. The normalized spacial score (nSPS) is 11.5. The average Bonchev–Trinajstić information content (AvgIpc) is 3.41. The van der Waals surface area contributed by atoms with Gasteiger partial charge in [-0.15, -0.1) is 0 Å². The summed E-state index contributed by atoms with van der Waals surface area (Å²) in [5.74, 6) is 1.63. The summed E-state index contributed by atoms with van der Waals surface area (Å²) in [7, 11) is 1.59. The summed E-state index contributed by atoms with van der Waals surface area (Å²) < 4.78 is 34.5. The van der Waals surface area contributed by atoms with Gasteiger partial charge in [0.25, 0.3) is 5.56 Å². The van der Waals surface area contributed by atoms with Gasteiger partial charge in [0.15, 0.2) is 5.76 Å². The Morgan fingerprint density at radius 2 is 1.73 bits per heavy atom. The molecule has 0 aliphatic carbocycles. The molecule has 0 bridgehead atoms. The van der Waals surface area contributed by atoms with Gasteiger partial charge in [0.1, 0.15) is 29.5 Å². The Hall–Kier alpha value is -3.78. The molecule has 204 valence electrons. The van der Waals surface area contributed by atoms with Crippen LogP contribution in [0.15, 0.2) is 99.2 Å². The number of para-hydroxylation sites is 1. The minimum Gasteiger partial charge on any atom is -0.496 e. The number of ether oxygens (including phenoxy) is 2. The van der Waals surface area contributed by atoms with E-state index in [1.165, 1.54) is 10.7 Å². The van der Waals surface area contributed by atoms with E-state index in [2.05, 4.69) is 50.3 Å². The minimum atomic E-state index is -0.330. The maximum Gasteiger partial charge on any atom is 0.282 e. The van der Waals surface area contributed by atoms with Gasteiger partial charge in [-0.25, -0.2) is 9.37 Å². The highest BCUT2D eigenvalue weighted by Crippen LogP contribution is 2.33. The van der Waals surface area contributed by atoms with Crippen LogP contribution in [-0.2, 0) is 6.61 Å². The van der Waals surface area contributed by atoms with Crippen LogP contribution in [0.3, 0.4) is 0 Å². The highest BCUT2D eigenvalue weighted by Gasteiger charge is 2.18. The molecule has 0 aliphatic heterocycles. The maximum absolute atomic E-state index is 14.1. The van der Waals surface area contributed by atoms with Crippen molar-refractivity contribution in [3.63, 3.8) is 0 Å². The Kier molecular flexibility index (Phi) is 7.75. The molecule has 0 aliphatic rings. The van der Waals surface area contributed by atoms with Crippen molar-refractivity contribution >= 4 is 73.3 Å². The lowest BCUT2D eigenvalue weighted by molar-refractivity contribution is 0.295. The molecule has 0 fully saturated rings. The second-order valence-electron chi connectivity index (χ2n) is 8.99. The lowest BCUT2D eigenvalue weighted by Gasteiger charge is -2.12. The molecule has 0 saturated carbocycles. The summed E-state index contributed by atoms with van der Waals surface area (Å²) in [6.07, 6.45) is 1.59. The standard InChI is InChI=1S/C31H20FI2N3O4/c1-39-26-11-6-12-27-21(26)15-28(41-27)30-36-25-10-5-3-8-20(25)31(38)37(30)35-16-18-13-23(33)29(24(34)14-18)40-17-19-7-2-4-9-22(19)32/h2-16H,17H2,1H3. The van der Waals surface area contributed by atoms with Crippen molar-refractivity contribution in [3.05, 3.63) is 119 Å². The first kappa shape index (κ1) is 27.4. The molecule has 0 N–H and O–H groups in total. The zero-order valence-corrected chi connectivity index (χ0v) is 25.8. The van der Waals surface area contributed by atoms with Crippen LogP contribution in [-0.4, -0.2) is 23.0 Å². The van der Waals surface area contributed by atoms with Crippen molar-refractivity contribution in [1.82, 2.24) is 9.66 Å². The van der Waals surface area contributed by atoms with Gasteiger partial charge in [0, 0.05) is 5.56 Å². The van der Waals surface area contributed by atoms with Gasteiger partial charge in [0.05, 0.1) is 36.8 Å². The summed E-state index contributed by atoms with van der Waals surface area (Å²) in [6, 6.07) is 24.7. The molecule has 0 spiro atoms. The van der Waals surface area contributed by atoms with Gasteiger partial charge < -0.3 is 13.9 Å². The van der Waals surface area contributed by atoms with Crippen LogP contribution in [0.25, 0.3) is 33.5 Å². The molecule has 2 heterocycles. The lowest BCUT2D eigenvalue weighted by Crippen LogP contribution is -2.20. The van der Waals surface area contributed by atoms with Crippen molar-refractivity contribution < 1.29 is 18.3 Å². The van der Waals surface area contributed by atoms with Crippen LogP contribution < -0.4 is 15.0 Å². The van der Waals surface area contributed by atoms with Crippen LogP contribution in [0, 0.1) is 13.0 Å². The predicted octanol–water partition coefficient (Wildman–Crippen LogP) is 7.63. The Morgan fingerprint density at radius 3 is 2.51 bits per heavy atom. The molecule has 2 aromatic heterocycles. The van der Waals surface area contributed by atoms with Crippen molar-refractivity contribution in [2.45, 2.75) is 6.61 Å². The van der Waals surface area contributed by atoms with Crippen molar-refractivity contribution in [1.29, 1.82) is 0 Å². The Morgan fingerprint density at radius 1 is 0.976 bits per heavy atom. The fourth-order valence-electron chi connectivity index (χ4n) is 4.39. The third-order valence-corrected chi connectivity index (χ3v) is 7.99. The number of fused-ring (bicyclic) bond motifs is 2. The molecular formula is C31H20FI2N3O4. The first-order chi connectivity index (χ1) is 19.9. The van der Waals surface area contributed by atoms with Gasteiger partial charge >= 0.3 is 0 Å². The van der Waals surface area contributed by atoms with E-state index in [-0.39, 0.29) is 23.8 Å². The first-order valence-corrected chi connectivity index (χ1v) is 14.6. The van der Waals surface area contributed by atoms with Gasteiger partial charge in [-0.3, -0.25) is 4.79 Å². The van der Waals surface area contributed by atoms with E-state index in [9.17, 15) is 9.18 Å². The van der Waals surface area contributed by atoms with E-state index >= 15 is 0 Å². The number of hydrogen-bond donors (Lipinski definition) is 0. The van der Waals surface area contributed by atoms with E-state index in [4.69, 9.17) is 18.9 Å². The van der Waals surface area contributed by atoms with Gasteiger partial charge in [-0.2, -0.15) is 9.78 Å². The van der Waals surface area contributed by atoms with Crippen LogP contribution in [0.5, 0.6) is 11.5 Å². The number of halogens is 3. The maximum atomic E-state index is 14.1. The van der Waals surface area contributed by atoms with E-state index < -0.39 is 0 Å². The second kappa shape index (κ2) is 11.6. The van der Waals surface area contributed by atoms with E-state index in [0.717, 1.165) is 18.1 Å². The van der Waals surface area contributed by atoms with Gasteiger partial charge in [-0.1, -0.05) is 36.4 Å². The molecule has 41 heavy (non-hydrogen) atoms. The Bertz CT molecular complexity index is 2000. The smallest absolute Gasteiger partial charge is 0.282 e. The second-order valence-corrected chi connectivity index (χ2v) is 11.3. The molecule has 0 radical (unpaired) electrons. The third kappa shape index (κ3) is 5.45. The summed E-state index contributed by atoms with van der Waals surface area (Å²) in [5.41, 5.74) is 2.03. The zero-order valence-electron chi connectivity index (χ0n) is 21.5. The fourth-order valence-corrected chi connectivity index (χ4v) is 6.52. The molecule has 10 heteroatoms. The quantitative estimate of drug-likeness (QED) is 0.123. The average molecular weight is 771 g/mol. The number of methoxy groups -OCH3 is 1. The highest BCUT2D eigenvalue weighted by molar-refractivity contribution is 14.1. The van der Waals surface area contributed by atoms with Crippen LogP contribution >= 0.6 is 45.2 Å². The number of rotatable bonds is 7. The number of aromatic nitrogens is 2. The number of nitrogens with zero attached hydrogens (tertiary/aromatic N) is 3. The molecule has 0 saturated heterocycles. The van der Waals surface area contributed by atoms with Crippen molar-refractivity contribution in [3.8, 4) is 23.1 Å². The molecule has 7 nitrogen and oxygen atoms in total. The van der Waals surface area contributed by atoms with Crippen LogP contribution in [0.4, 0.5) is 4.39 Å². The number of furan rings is 1. The molecule has 6 rings (SSSR count). The molecule has 4 aromatic carbocycles. The van der Waals surface area contributed by atoms with Gasteiger partial charge in [-0.05, 0) is 99.3 Å². The number of benzene rings is 4.